The number of aromatic nitrogens is 2. The first-order valence-corrected chi connectivity index (χ1v) is 10.6. The summed E-state index contributed by atoms with van der Waals surface area (Å²) in [6.07, 6.45) is 4.62. The summed E-state index contributed by atoms with van der Waals surface area (Å²) in [4.78, 5) is 42.1. The minimum atomic E-state index is 0.120. The Hall–Kier alpha value is -2.42. The molecule has 0 radical (unpaired) electrons. The van der Waals surface area contributed by atoms with E-state index in [1.807, 2.05) is 21.7 Å². The van der Waals surface area contributed by atoms with E-state index in [1.54, 1.807) is 13.3 Å². The number of nitrogens with one attached hydrogen (secondary N) is 1. The molecule has 0 bridgehead atoms. The number of likely N-dealkylation sites (N-methyl/N-ethyl adjacent to an activating group) is 1. The summed E-state index contributed by atoms with van der Waals surface area (Å²) < 4.78 is 0. The molecule has 1 aromatic rings. The normalized spacial score (nSPS) is 23.5. The second kappa shape index (κ2) is 8.52. The number of hydrogen-bond acceptors (Lipinski definition) is 7. The largest absolute Gasteiger partial charge is 0.354 e. The van der Waals surface area contributed by atoms with E-state index in [2.05, 4.69) is 20.2 Å². The lowest BCUT2D eigenvalue weighted by Gasteiger charge is -2.34. The third-order valence-electron chi connectivity index (χ3n) is 6.24. The van der Waals surface area contributed by atoms with E-state index in [9.17, 15) is 9.59 Å². The highest BCUT2D eigenvalue weighted by atomic mass is 16.2. The lowest BCUT2D eigenvalue weighted by molar-refractivity contribution is -0.133. The molecule has 2 fully saturated rings. The van der Waals surface area contributed by atoms with Crippen LogP contribution in [0.3, 0.4) is 0 Å². The first-order chi connectivity index (χ1) is 14.0. The minimum absolute atomic E-state index is 0.120. The van der Waals surface area contributed by atoms with Gasteiger partial charge in [-0.25, -0.2) is 9.97 Å². The molecule has 3 aliphatic rings. The Labute approximate surface area is 172 Å². The first-order valence-electron chi connectivity index (χ1n) is 10.6. The van der Waals surface area contributed by atoms with Gasteiger partial charge in [-0.3, -0.25) is 9.59 Å². The first kappa shape index (κ1) is 19.9. The van der Waals surface area contributed by atoms with Crippen LogP contribution in [0.25, 0.3) is 0 Å². The van der Waals surface area contributed by atoms with Crippen molar-refractivity contribution in [2.45, 2.75) is 38.8 Å². The molecule has 29 heavy (non-hydrogen) atoms. The van der Waals surface area contributed by atoms with E-state index >= 15 is 0 Å². The summed E-state index contributed by atoms with van der Waals surface area (Å²) >= 11 is 0. The molecule has 0 aromatic carbocycles. The summed E-state index contributed by atoms with van der Waals surface area (Å²) in [6.45, 7) is 7.40. The maximum Gasteiger partial charge on any atom is 0.242 e. The van der Waals surface area contributed by atoms with Gasteiger partial charge in [-0.05, 0) is 25.8 Å². The van der Waals surface area contributed by atoms with Crippen molar-refractivity contribution in [2.75, 3.05) is 62.7 Å². The molecular weight excluding hydrogens is 370 g/mol. The maximum atomic E-state index is 13.0. The lowest BCUT2D eigenvalue weighted by Crippen LogP contribution is -2.49. The molecule has 3 aliphatic heterocycles. The van der Waals surface area contributed by atoms with E-state index < -0.39 is 0 Å². The Bertz CT molecular complexity index is 765. The predicted molar refractivity (Wildman–Crippen MR) is 111 cm³/mol. The molecule has 1 unspecified atom stereocenters. The average Bonchev–Trinajstić information content (AvgIpc) is 3.04. The number of fused-ring (bicyclic) bond motifs is 1. The molecule has 1 atom stereocenters. The molecule has 1 N–H and O–H groups in total. The van der Waals surface area contributed by atoms with Gasteiger partial charge in [-0.1, -0.05) is 0 Å². The van der Waals surface area contributed by atoms with Crippen LogP contribution in [0.5, 0.6) is 0 Å². The molecule has 0 saturated carbocycles. The number of rotatable bonds is 2. The number of anilines is 2. The Balaban J connectivity index is 1.64. The van der Waals surface area contributed by atoms with Gasteiger partial charge >= 0.3 is 0 Å². The molecular formula is C20H31N7O2. The highest BCUT2D eigenvalue weighted by molar-refractivity contribution is 5.84. The van der Waals surface area contributed by atoms with Gasteiger partial charge in [0, 0.05) is 52.7 Å². The number of nitrogens with zero attached hydrogens (tertiary/aromatic N) is 6. The van der Waals surface area contributed by atoms with Crippen molar-refractivity contribution in [1.82, 2.24) is 25.1 Å². The summed E-state index contributed by atoms with van der Waals surface area (Å²) in [7, 11) is 1.93. The van der Waals surface area contributed by atoms with E-state index in [0.29, 0.717) is 19.6 Å². The number of hydrogen-bond donors (Lipinski definition) is 1. The van der Waals surface area contributed by atoms with Crippen LogP contribution in [0.2, 0.25) is 0 Å². The number of amides is 2. The third-order valence-corrected chi connectivity index (χ3v) is 6.24. The van der Waals surface area contributed by atoms with Crippen LogP contribution >= 0.6 is 0 Å². The van der Waals surface area contributed by atoms with E-state index in [0.717, 1.165) is 69.2 Å². The van der Waals surface area contributed by atoms with Gasteiger partial charge < -0.3 is 24.9 Å². The fourth-order valence-electron chi connectivity index (χ4n) is 4.64. The molecule has 0 spiro atoms. The van der Waals surface area contributed by atoms with Crippen LogP contribution in [0.15, 0.2) is 6.33 Å². The maximum absolute atomic E-state index is 13.0. The van der Waals surface area contributed by atoms with Crippen LogP contribution in [0, 0.1) is 0 Å². The van der Waals surface area contributed by atoms with Crippen molar-refractivity contribution in [3.05, 3.63) is 11.9 Å². The Kier molecular flexibility index (Phi) is 5.84. The minimum Gasteiger partial charge on any atom is -0.354 e. The van der Waals surface area contributed by atoms with Gasteiger partial charge in [0.15, 0.2) is 0 Å². The molecule has 0 aliphatic carbocycles. The predicted octanol–water partition coefficient (Wildman–Crippen LogP) is 0.0656. The summed E-state index contributed by atoms with van der Waals surface area (Å²) in [5, 5.41) is 3.42. The van der Waals surface area contributed by atoms with Crippen LogP contribution < -0.4 is 15.1 Å². The Morgan fingerprint density at radius 1 is 1.10 bits per heavy atom. The standard InChI is InChI=1S/C20H31N7O2/c1-15(28)25-7-4-8-26(10-9-25)20-17-12-27(16-5-3-6-21-11-16)18(29)13-24(2)19(17)22-14-23-20/h14,16,21H,3-13H2,1-2H3. The SMILES string of the molecule is CC(=O)N1CCCN(c2ncnc3c2CN(C2CCCNC2)C(=O)CN3C)CC1. The third kappa shape index (κ3) is 4.14. The van der Waals surface area contributed by atoms with Crippen molar-refractivity contribution in [1.29, 1.82) is 0 Å². The average molecular weight is 402 g/mol. The summed E-state index contributed by atoms with van der Waals surface area (Å²) in [5.41, 5.74) is 1.02. The number of carbonyl (C=O) groups is 2. The Morgan fingerprint density at radius 3 is 2.69 bits per heavy atom. The van der Waals surface area contributed by atoms with Crippen molar-refractivity contribution in [2.24, 2.45) is 0 Å². The molecule has 1 aromatic heterocycles. The fourth-order valence-corrected chi connectivity index (χ4v) is 4.64. The summed E-state index contributed by atoms with van der Waals surface area (Å²) in [6, 6.07) is 0.209. The van der Waals surface area contributed by atoms with Gasteiger partial charge in [0.1, 0.15) is 18.0 Å². The van der Waals surface area contributed by atoms with Crippen LogP contribution in [-0.2, 0) is 16.1 Å². The van der Waals surface area contributed by atoms with Crippen molar-refractivity contribution in [3.8, 4) is 0 Å². The second-order valence-electron chi connectivity index (χ2n) is 8.22. The van der Waals surface area contributed by atoms with Gasteiger partial charge in [0.05, 0.1) is 18.7 Å². The second-order valence-corrected chi connectivity index (χ2v) is 8.22. The van der Waals surface area contributed by atoms with Crippen molar-refractivity contribution >= 4 is 23.5 Å². The molecule has 4 heterocycles. The monoisotopic (exact) mass is 401 g/mol. The zero-order valence-corrected chi connectivity index (χ0v) is 17.4. The topological polar surface area (TPSA) is 84.9 Å². The van der Waals surface area contributed by atoms with E-state index in [1.165, 1.54) is 0 Å². The van der Waals surface area contributed by atoms with Gasteiger partial charge in [-0.2, -0.15) is 0 Å². The van der Waals surface area contributed by atoms with Gasteiger partial charge in [-0.15, -0.1) is 0 Å². The fraction of sp³-hybridized carbons (Fsp3) is 0.700. The van der Waals surface area contributed by atoms with Gasteiger partial charge in [0.2, 0.25) is 11.8 Å². The smallest absolute Gasteiger partial charge is 0.242 e. The summed E-state index contributed by atoms with van der Waals surface area (Å²) in [5.74, 6) is 2.00. The molecule has 9 heteroatoms. The van der Waals surface area contributed by atoms with E-state index in [-0.39, 0.29) is 17.9 Å². The van der Waals surface area contributed by atoms with Gasteiger partial charge in [0.25, 0.3) is 0 Å². The number of carbonyl (C=O) groups excluding carboxylic acids is 2. The zero-order chi connectivity index (χ0) is 20.4. The van der Waals surface area contributed by atoms with E-state index in [4.69, 9.17) is 0 Å². The number of piperidine rings is 1. The quantitative estimate of drug-likeness (QED) is 0.750. The highest BCUT2D eigenvalue weighted by Crippen LogP contribution is 2.31. The lowest BCUT2D eigenvalue weighted by atomic mass is 10.0. The molecule has 158 valence electrons. The molecule has 2 saturated heterocycles. The molecule has 4 rings (SSSR count). The van der Waals surface area contributed by atoms with Crippen LogP contribution in [0.1, 0.15) is 31.7 Å². The molecule has 2 amide bonds. The molecule has 9 nitrogen and oxygen atoms in total. The Morgan fingerprint density at radius 2 is 1.93 bits per heavy atom. The highest BCUT2D eigenvalue weighted by Gasteiger charge is 2.33. The van der Waals surface area contributed by atoms with Crippen molar-refractivity contribution < 1.29 is 9.59 Å². The van der Waals surface area contributed by atoms with Crippen LogP contribution in [-0.4, -0.2) is 90.5 Å². The zero-order valence-electron chi connectivity index (χ0n) is 17.4. The van der Waals surface area contributed by atoms with Crippen molar-refractivity contribution in [3.63, 3.8) is 0 Å². The van der Waals surface area contributed by atoms with Crippen LogP contribution in [0.4, 0.5) is 11.6 Å².